The fourth-order valence-electron chi connectivity index (χ4n) is 1.64. The van der Waals surface area contributed by atoms with E-state index in [-0.39, 0.29) is 12.5 Å². The second-order valence-corrected chi connectivity index (χ2v) is 4.90. The summed E-state index contributed by atoms with van der Waals surface area (Å²) >= 11 is 4.87. The highest BCUT2D eigenvalue weighted by Gasteiger charge is 2.14. The molecule has 5 nitrogen and oxygen atoms in total. The van der Waals surface area contributed by atoms with Crippen LogP contribution in [-0.2, 0) is 16.1 Å². The molecule has 0 bridgehead atoms. The minimum absolute atomic E-state index is 0.232. The number of nitrogens with two attached hydrogens (primary N) is 1. The number of benzene rings is 1. The van der Waals surface area contributed by atoms with Crippen molar-refractivity contribution in [1.29, 1.82) is 0 Å². The maximum Gasteiger partial charge on any atom is 0.253 e. The fraction of sp³-hybridized carbons (Fsp3) is 0.200. The predicted octanol–water partition coefficient (Wildman–Crippen LogP) is 2.46. The van der Waals surface area contributed by atoms with Gasteiger partial charge < -0.3 is 20.2 Å². The van der Waals surface area contributed by atoms with Crippen molar-refractivity contribution in [3.63, 3.8) is 0 Å². The van der Waals surface area contributed by atoms with Gasteiger partial charge in [0.05, 0.1) is 6.26 Å². The molecule has 0 aliphatic heterocycles. The van der Waals surface area contributed by atoms with Crippen molar-refractivity contribution in [1.82, 2.24) is 0 Å². The first-order valence-electron chi connectivity index (χ1n) is 6.41. The number of rotatable bonds is 6. The molecule has 0 radical (unpaired) electrons. The highest BCUT2D eigenvalue weighted by molar-refractivity contribution is 7.80. The third-order valence-electron chi connectivity index (χ3n) is 2.86. The molecule has 0 spiro atoms. The van der Waals surface area contributed by atoms with Crippen LogP contribution in [0.25, 0.3) is 0 Å². The molecule has 0 saturated heterocycles. The Hall–Kier alpha value is -2.18. The standard InChI is InChI=1S/C15H16N2O3S/c1-10(20-9-13-3-2-8-19-13)15(18)17-12-6-4-11(5-7-12)14(16)21/h2-8,10H,9H2,1H3,(H2,16,21)(H,17,18). The zero-order valence-corrected chi connectivity index (χ0v) is 12.4. The van der Waals surface area contributed by atoms with Crippen LogP contribution in [0.5, 0.6) is 0 Å². The number of anilines is 1. The first kappa shape index (κ1) is 15.2. The molecule has 2 rings (SSSR count). The van der Waals surface area contributed by atoms with E-state index in [2.05, 4.69) is 5.32 Å². The smallest absolute Gasteiger partial charge is 0.253 e. The summed E-state index contributed by atoms with van der Waals surface area (Å²) in [6.07, 6.45) is 0.970. The molecule has 0 fully saturated rings. The lowest BCUT2D eigenvalue weighted by molar-refractivity contribution is -0.127. The second-order valence-electron chi connectivity index (χ2n) is 4.46. The number of nitrogens with one attached hydrogen (secondary N) is 1. The van der Waals surface area contributed by atoms with Crippen molar-refractivity contribution in [2.45, 2.75) is 19.6 Å². The molecule has 0 aliphatic rings. The van der Waals surface area contributed by atoms with Crippen LogP contribution in [0.15, 0.2) is 47.1 Å². The molecule has 1 aromatic carbocycles. The number of hydrogen-bond acceptors (Lipinski definition) is 4. The van der Waals surface area contributed by atoms with Gasteiger partial charge in [0, 0.05) is 11.3 Å². The van der Waals surface area contributed by atoms with Crippen LogP contribution < -0.4 is 11.1 Å². The molecule has 21 heavy (non-hydrogen) atoms. The molecular formula is C15H16N2O3S. The van der Waals surface area contributed by atoms with E-state index in [0.717, 1.165) is 5.56 Å². The fourth-order valence-corrected chi connectivity index (χ4v) is 1.78. The highest BCUT2D eigenvalue weighted by Crippen LogP contribution is 2.11. The summed E-state index contributed by atoms with van der Waals surface area (Å²) in [5.41, 5.74) is 6.93. The van der Waals surface area contributed by atoms with Crippen LogP contribution in [0.4, 0.5) is 5.69 Å². The third kappa shape index (κ3) is 4.40. The van der Waals surface area contributed by atoms with Gasteiger partial charge in [-0.3, -0.25) is 4.79 Å². The number of furan rings is 1. The highest BCUT2D eigenvalue weighted by atomic mass is 32.1. The summed E-state index contributed by atoms with van der Waals surface area (Å²) in [7, 11) is 0. The van der Waals surface area contributed by atoms with E-state index in [0.29, 0.717) is 16.4 Å². The molecule has 1 atom stereocenters. The normalized spacial score (nSPS) is 11.9. The quantitative estimate of drug-likeness (QED) is 0.802. The Morgan fingerprint density at radius 1 is 1.38 bits per heavy atom. The van der Waals surface area contributed by atoms with Crippen LogP contribution in [0, 0.1) is 0 Å². The number of ether oxygens (including phenoxy) is 1. The topological polar surface area (TPSA) is 77.5 Å². The maximum atomic E-state index is 12.0. The molecule has 2 aromatic rings. The Labute approximate surface area is 128 Å². The zero-order chi connectivity index (χ0) is 15.2. The summed E-state index contributed by atoms with van der Waals surface area (Å²) in [5.74, 6) is 0.445. The average molecular weight is 304 g/mol. The van der Waals surface area contributed by atoms with Crippen LogP contribution in [-0.4, -0.2) is 17.0 Å². The van der Waals surface area contributed by atoms with Gasteiger partial charge in [0.15, 0.2) is 0 Å². The molecular weight excluding hydrogens is 288 g/mol. The van der Waals surface area contributed by atoms with Gasteiger partial charge in [0.1, 0.15) is 23.5 Å². The van der Waals surface area contributed by atoms with Gasteiger partial charge in [0.2, 0.25) is 0 Å². The van der Waals surface area contributed by atoms with Gasteiger partial charge >= 0.3 is 0 Å². The number of hydrogen-bond donors (Lipinski definition) is 2. The summed E-state index contributed by atoms with van der Waals surface area (Å²) < 4.78 is 10.6. The Morgan fingerprint density at radius 2 is 2.10 bits per heavy atom. The summed E-state index contributed by atoms with van der Waals surface area (Å²) in [4.78, 5) is 12.3. The molecule has 1 amide bonds. The molecule has 110 valence electrons. The van der Waals surface area contributed by atoms with Crippen LogP contribution >= 0.6 is 12.2 Å². The average Bonchev–Trinajstić information content (AvgIpc) is 2.98. The Morgan fingerprint density at radius 3 is 2.67 bits per heavy atom. The van der Waals surface area contributed by atoms with E-state index in [9.17, 15) is 4.79 Å². The predicted molar refractivity (Wildman–Crippen MR) is 83.9 cm³/mol. The monoisotopic (exact) mass is 304 g/mol. The lowest BCUT2D eigenvalue weighted by atomic mass is 10.2. The van der Waals surface area contributed by atoms with E-state index in [1.165, 1.54) is 0 Å². The molecule has 0 saturated carbocycles. The molecule has 1 aromatic heterocycles. The second kappa shape index (κ2) is 7.01. The minimum atomic E-state index is -0.592. The number of amides is 1. The zero-order valence-electron chi connectivity index (χ0n) is 11.5. The third-order valence-corrected chi connectivity index (χ3v) is 3.10. The van der Waals surface area contributed by atoms with Gasteiger partial charge in [-0.05, 0) is 43.3 Å². The van der Waals surface area contributed by atoms with Crippen LogP contribution in [0.1, 0.15) is 18.2 Å². The molecule has 1 unspecified atom stereocenters. The van der Waals surface area contributed by atoms with E-state index in [1.54, 1.807) is 49.6 Å². The lowest BCUT2D eigenvalue weighted by Crippen LogP contribution is -2.27. The van der Waals surface area contributed by atoms with Gasteiger partial charge in [0.25, 0.3) is 5.91 Å². The van der Waals surface area contributed by atoms with Crippen molar-refractivity contribution in [3.05, 3.63) is 54.0 Å². The lowest BCUT2D eigenvalue weighted by Gasteiger charge is -2.12. The van der Waals surface area contributed by atoms with Crippen molar-refractivity contribution >= 4 is 28.8 Å². The minimum Gasteiger partial charge on any atom is -0.467 e. The van der Waals surface area contributed by atoms with E-state index < -0.39 is 6.10 Å². The Balaban J connectivity index is 1.86. The number of carbonyl (C=O) groups is 1. The summed E-state index contributed by atoms with van der Waals surface area (Å²) in [6, 6.07) is 10.6. The molecule has 6 heteroatoms. The van der Waals surface area contributed by atoms with E-state index >= 15 is 0 Å². The van der Waals surface area contributed by atoms with Gasteiger partial charge in [-0.15, -0.1) is 0 Å². The number of thiocarbonyl (C=S) groups is 1. The van der Waals surface area contributed by atoms with Crippen molar-refractivity contribution in [2.75, 3.05) is 5.32 Å². The maximum absolute atomic E-state index is 12.0. The molecule has 0 aliphatic carbocycles. The van der Waals surface area contributed by atoms with Crippen LogP contribution in [0.2, 0.25) is 0 Å². The first-order chi connectivity index (χ1) is 10.1. The van der Waals surface area contributed by atoms with Crippen molar-refractivity contribution in [2.24, 2.45) is 5.73 Å². The Bertz CT molecular complexity index is 608. The van der Waals surface area contributed by atoms with Crippen molar-refractivity contribution < 1.29 is 13.9 Å². The summed E-state index contributed by atoms with van der Waals surface area (Å²) in [6.45, 7) is 1.93. The molecule has 3 N–H and O–H groups in total. The van der Waals surface area contributed by atoms with Gasteiger partial charge in [-0.25, -0.2) is 0 Å². The van der Waals surface area contributed by atoms with Crippen molar-refractivity contribution in [3.8, 4) is 0 Å². The van der Waals surface area contributed by atoms with Gasteiger partial charge in [-0.2, -0.15) is 0 Å². The summed E-state index contributed by atoms with van der Waals surface area (Å²) in [5, 5.41) is 2.76. The van der Waals surface area contributed by atoms with Gasteiger partial charge in [-0.1, -0.05) is 12.2 Å². The Kier molecular flexibility index (Phi) is 5.08. The first-order valence-corrected chi connectivity index (χ1v) is 6.82. The van der Waals surface area contributed by atoms with E-state index in [4.69, 9.17) is 27.1 Å². The SMILES string of the molecule is CC(OCc1ccco1)C(=O)Nc1ccc(C(N)=S)cc1. The van der Waals surface area contributed by atoms with Crippen LogP contribution in [0.3, 0.4) is 0 Å². The van der Waals surface area contributed by atoms with E-state index in [1.807, 2.05) is 0 Å². The molecule has 1 heterocycles. The number of carbonyl (C=O) groups excluding carboxylic acids is 1. The largest absolute Gasteiger partial charge is 0.467 e.